The van der Waals surface area contributed by atoms with Crippen molar-refractivity contribution >= 4 is 6.03 Å². The Bertz CT molecular complexity index is 532. The maximum absolute atomic E-state index is 12.4. The van der Waals surface area contributed by atoms with Gasteiger partial charge in [0.1, 0.15) is 5.76 Å². The molecule has 1 aromatic rings. The van der Waals surface area contributed by atoms with Crippen LogP contribution in [-0.2, 0) is 6.42 Å². The molecule has 1 heterocycles. The molecule has 1 aromatic heterocycles. The molecule has 2 atom stereocenters. The SMILES string of the molecule is Cc1noc(C)c1CC(C)NC(=O)NC(C)(CO)C1CCCCC1. The number of urea groups is 1. The molecule has 0 aromatic carbocycles. The van der Waals surface area contributed by atoms with Gasteiger partial charge in [-0.15, -0.1) is 0 Å². The van der Waals surface area contributed by atoms with E-state index in [1.54, 1.807) is 0 Å². The Morgan fingerprint density at radius 2 is 2.04 bits per heavy atom. The van der Waals surface area contributed by atoms with E-state index >= 15 is 0 Å². The van der Waals surface area contributed by atoms with Crippen molar-refractivity contribution in [3.05, 3.63) is 17.0 Å². The topological polar surface area (TPSA) is 87.4 Å². The number of amides is 2. The highest BCUT2D eigenvalue weighted by molar-refractivity contribution is 5.75. The highest BCUT2D eigenvalue weighted by Gasteiger charge is 2.36. The van der Waals surface area contributed by atoms with Gasteiger partial charge in [0, 0.05) is 11.6 Å². The molecule has 136 valence electrons. The summed E-state index contributed by atoms with van der Waals surface area (Å²) in [6, 6.07) is -0.271. The fraction of sp³-hybridized carbons (Fsp3) is 0.778. The fourth-order valence-corrected chi connectivity index (χ4v) is 3.68. The van der Waals surface area contributed by atoms with Crippen LogP contribution in [0.5, 0.6) is 0 Å². The lowest BCUT2D eigenvalue weighted by Crippen LogP contribution is -2.58. The van der Waals surface area contributed by atoms with Gasteiger partial charge in [-0.2, -0.15) is 0 Å². The molecule has 2 unspecified atom stereocenters. The first-order valence-electron chi connectivity index (χ1n) is 8.97. The Kier molecular flexibility index (Phi) is 6.27. The normalized spacial score (nSPS) is 19.5. The van der Waals surface area contributed by atoms with Crippen LogP contribution >= 0.6 is 0 Å². The summed E-state index contributed by atoms with van der Waals surface area (Å²) in [7, 11) is 0. The lowest BCUT2D eigenvalue weighted by molar-refractivity contribution is 0.101. The second kappa shape index (κ2) is 8.01. The van der Waals surface area contributed by atoms with E-state index in [4.69, 9.17) is 4.52 Å². The van der Waals surface area contributed by atoms with Gasteiger partial charge < -0.3 is 20.3 Å². The molecular weight excluding hydrogens is 306 g/mol. The molecule has 6 nitrogen and oxygen atoms in total. The predicted octanol–water partition coefficient (Wildman–Crippen LogP) is 2.85. The van der Waals surface area contributed by atoms with E-state index in [2.05, 4.69) is 15.8 Å². The molecule has 0 saturated heterocycles. The first-order chi connectivity index (χ1) is 11.4. The number of aromatic nitrogens is 1. The fourth-order valence-electron chi connectivity index (χ4n) is 3.68. The van der Waals surface area contributed by atoms with Gasteiger partial charge in [-0.05, 0) is 52.9 Å². The Hall–Kier alpha value is -1.56. The molecule has 6 heteroatoms. The van der Waals surface area contributed by atoms with E-state index in [0.717, 1.165) is 29.9 Å². The number of hydrogen-bond donors (Lipinski definition) is 3. The summed E-state index contributed by atoms with van der Waals surface area (Å²) in [4.78, 5) is 12.4. The Morgan fingerprint density at radius 1 is 1.38 bits per heavy atom. The van der Waals surface area contributed by atoms with Crippen molar-refractivity contribution in [2.75, 3.05) is 6.61 Å². The number of rotatable bonds is 6. The van der Waals surface area contributed by atoms with E-state index < -0.39 is 5.54 Å². The number of carbonyl (C=O) groups excluding carboxylic acids is 1. The van der Waals surface area contributed by atoms with Gasteiger partial charge in [-0.1, -0.05) is 24.4 Å². The van der Waals surface area contributed by atoms with Crippen LogP contribution in [0.25, 0.3) is 0 Å². The molecule has 1 fully saturated rings. The van der Waals surface area contributed by atoms with Gasteiger partial charge in [0.05, 0.1) is 17.8 Å². The highest BCUT2D eigenvalue weighted by Crippen LogP contribution is 2.32. The minimum atomic E-state index is -0.562. The van der Waals surface area contributed by atoms with Crippen molar-refractivity contribution in [1.29, 1.82) is 0 Å². The van der Waals surface area contributed by atoms with Crippen molar-refractivity contribution in [3.8, 4) is 0 Å². The first-order valence-corrected chi connectivity index (χ1v) is 8.97. The third-order valence-corrected chi connectivity index (χ3v) is 5.30. The van der Waals surface area contributed by atoms with Crippen molar-refractivity contribution in [2.24, 2.45) is 5.92 Å². The summed E-state index contributed by atoms with van der Waals surface area (Å²) in [6.45, 7) is 7.66. The smallest absolute Gasteiger partial charge is 0.315 e. The Labute approximate surface area is 144 Å². The number of aliphatic hydroxyl groups excluding tert-OH is 1. The van der Waals surface area contributed by atoms with Crippen LogP contribution in [0, 0.1) is 19.8 Å². The van der Waals surface area contributed by atoms with Crippen LogP contribution in [0.2, 0.25) is 0 Å². The number of nitrogens with one attached hydrogen (secondary N) is 2. The van der Waals surface area contributed by atoms with E-state index in [1.165, 1.54) is 19.3 Å². The van der Waals surface area contributed by atoms with Crippen LogP contribution in [0.15, 0.2) is 4.52 Å². The van der Waals surface area contributed by atoms with Crippen LogP contribution in [0.3, 0.4) is 0 Å². The second-order valence-corrected chi connectivity index (χ2v) is 7.42. The zero-order valence-electron chi connectivity index (χ0n) is 15.3. The zero-order chi connectivity index (χ0) is 17.7. The highest BCUT2D eigenvalue weighted by atomic mass is 16.5. The lowest BCUT2D eigenvalue weighted by Gasteiger charge is -2.39. The summed E-state index contributed by atoms with van der Waals surface area (Å²) in [5, 5.41) is 19.8. The monoisotopic (exact) mass is 337 g/mol. The van der Waals surface area contributed by atoms with Crippen LogP contribution in [0.1, 0.15) is 63.0 Å². The molecule has 2 amide bonds. The largest absolute Gasteiger partial charge is 0.394 e. The van der Waals surface area contributed by atoms with E-state index in [0.29, 0.717) is 12.3 Å². The number of carbonyl (C=O) groups is 1. The number of nitrogens with zero attached hydrogens (tertiary/aromatic N) is 1. The summed E-state index contributed by atoms with van der Waals surface area (Å²) in [5.41, 5.74) is 1.34. The van der Waals surface area contributed by atoms with Gasteiger partial charge in [-0.3, -0.25) is 0 Å². The quantitative estimate of drug-likeness (QED) is 0.745. The maximum atomic E-state index is 12.4. The lowest BCUT2D eigenvalue weighted by atomic mass is 9.76. The molecular formula is C18H31N3O3. The molecule has 3 N–H and O–H groups in total. The van der Waals surface area contributed by atoms with Crippen LogP contribution < -0.4 is 10.6 Å². The number of hydrogen-bond acceptors (Lipinski definition) is 4. The minimum Gasteiger partial charge on any atom is -0.394 e. The molecule has 1 aliphatic rings. The number of aliphatic hydroxyl groups is 1. The molecule has 1 aliphatic carbocycles. The summed E-state index contributed by atoms with van der Waals surface area (Å²) in [6.07, 6.45) is 6.39. The average Bonchev–Trinajstić information content (AvgIpc) is 2.87. The van der Waals surface area contributed by atoms with Crippen LogP contribution in [0.4, 0.5) is 4.79 Å². The zero-order valence-corrected chi connectivity index (χ0v) is 15.3. The van der Waals surface area contributed by atoms with Crippen molar-refractivity contribution in [1.82, 2.24) is 15.8 Å². The summed E-state index contributed by atoms with van der Waals surface area (Å²) >= 11 is 0. The minimum absolute atomic E-state index is 0.0384. The van der Waals surface area contributed by atoms with Crippen molar-refractivity contribution in [2.45, 2.75) is 77.8 Å². The molecule has 0 radical (unpaired) electrons. The van der Waals surface area contributed by atoms with E-state index in [9.17, 15) is 9.90 Å². The van der Waals surface area contributed by atoms with E-state index in [-0.39, 0.29) is 18.7 Å². The molecule has 0 bridgehead atoms. The molecule has 1 saturated carbocycles. The van der Waals surface area contributed by atoms with E-state index in [1.807, 2.05) is 27.7 Å². The van der Waals surface area contributed by atoms with Gasteiger partial charge in [0.15, 0.2) is 0 Å². The van der Waals surface area contributed by atoms with Gasteiger partial charge in [-0.25, -0.2) is 4.79 Å². The van der Waals surface area contributed by atoms with Gasteiger partial charge in [0.25, 0.3) is 0 Å². The standard InChI is InChI=1S/C18H31N3O3/c1-12(10-16-13(2)21-24-14(16)3)19-17(23)20-18(4,11-22)15-8-6-5-7-9-15/h12,15,22H,5-11H2,1-4H3,(H2,19,20,23). The van der Waals surface area contributed by atoms with Crippen molar-refractivity contribution in [3.63, 3.8) is 0 Å². The van der Waals surface area contributed by atoms with Crippen LogP contribution in [-0.4, -0.2) is 34.5 Å². The molecule has 24 heavy (non-hydrogen) atoms. The third-order valence-electron chi connectivity index (χ3n) is 5.30. The van der Waals surface area contributed by atoms with Gasteiger partial charge >= 0.3 is 6.03 Å². The summed E-state index contributed by atoms with van der Waals surface area (Å²) < 4.78 is 5.17. The Balaban J connectivity index is 1.90. The summed E-state index contributed by atoms with van der Waals surface area (Å²) in [5.74, 6) is 1.13. The first kappa shape index (κ1) is 18.8. The second-order valence-electron chi connectivity index (χ2n) is 7.42. The Morgan fingerprint density at radius 3 is 2.58 bits per heavy atom. The maximum Gasteiger partial charge on any atom is 0.315 e. The molecule has 0 aliphatic heterocycles. The number of aryl methyl sites for hydroxylation is 2. The van der Waals surface area contributed by atoms with Gasteiger partial charge in [0.2, 0.25) is 0 Å². The van der Waals surface area contributed by atoms with Crippen molar-refractivity contribution < 1.29 is 14.4 Å². The molecule has 0 spiro atoms. The average molecular weight is 337 g/mol. The third kappa shape index (κ3) is 4.50. The predicted molar refractivity (Wildman–Crippen MR) is 92.9 cm³/mol. The molecule has 2 rings (SSSR count).